The van der Waals surface area contributed by atoms with Crippen LogP contribution in [0.1, 0.15) is 40.5 Å². The van der Waals surface area contributed by atoms with E-state index in [1.165, 1.54) is 18.4 Å². The standard InChI is InChI=1S/C14H22O/c1-5-6-13-12-9-11(8-7-10(12)2)14(3,4)15-13/h5-7,11-13H,8-9H2,1-4H3/b6-5+/t11-,12-,13?/m0/s1. The maximum Gasteiger partial charge on any atom is 0.0828 e. The normalized spacial score (nSPS) is 39.2. The Bertz CT molecular complexity index is 298. The van der Waals surface area contributed by atoms with Gasteiger partial charge in [0.1, 0.15) is 0 Å². The molecule has 0 aromatic rings. The summed E-state index contributed by atoms with van der Waals surface area (Å²) in [4.78, 5) is 0. The third-order valence-electron chi connectivity index (χ3n) is 4.05. The average molecular weight is 206 g/mol. The molecule has 2 aliphatic rings. The van der Waals surface area contributed by atoms with Crippen molar-refractivity contribution in [1.82, 2.24) is 0 Å². The van der Waals surface area contributed by atoms with Crippen LogP contribution in [0, 0.1) is 11.8 Å². The molecule has 1 saturated heterocycles. The molecule has 1 heteroatoms. The predicted molar refractivity (Wildman–Crippen MR) is 63.7 cm³/mol. The Hall–Kier alpha value is -0.560. The van der Waals surface area contributed by atoms with Gasteiger partial charge >= 0.3 is 0 Å². The smallest absolute Gasteiger partial charge is 0.0828 e. The zero-order valence-corrected chi connectivity index (χ0v) is 10.3. The van der Waals surface area contributed by atoms with Gasteiger partial charge in [-0.25, -0.2) is 0 Å². The van der Waals surface area contributed by atoms with Crippen molar-refractivity contribution in [3.05, 3.63) is 23.8 Å². The quantitative estimate of drug-likeness (QED) is 0.594. The van der Waals surface area contributed by atoms with Gasteiger partial charge in [-0.05, 0) is 46.5 Å². The zero-order chi connectivity index (χ0) is 11.1. The molecule has 1 unspecified atom stereocenters. The highest BCUT2D eigenvalue weighted by Gasteiger charge is 2.43. The highest BCUT2D eigenvalue weighted by molar-refractivity contribution is 5.17. The molecule has 1 aliphatic heterocycles. The first-order valence-corrected chi connectivity index (χ1v) is 6.02. The van der Waals surface area contributed by atoms with Crippen molar-refractivity contribution in [2.24, 2.45) is 11.8 Å². The van der Waals surface area contributed by atoms with E-state index in [1.54, 1.807) is 0 Å². The topological polar surface area (TPSA) is 9.23 Å². The Morgan fingerprint density at radius 2 is 2.20 bits per heavy atom. The van der Waals surface area contributed by atoms with Gasteiger partial charge in [-0.3, -0.25) is 0 Å². The first kappa shape index (κ1) is 10.9. The van der Waals surface area contributed by atoms with Gasteiger partial charge in [-0.2, -0.15) is 0 Å². The fourth-order valence-corrected chi connectivity index (χ4v) is 2.92. The summed E-state index contributed by atoms with van der Waals surface area (Å²) < 4.78 is 6.22. The lowest BCUT2D eigenvalue weighted by molar-refractivity contribution is -0.145. The molecule has 0 radical (unpaired) electrons. The second-order valence-corrected chi connectivity index (χ2v) is 5.43. The molecule has 2 bridgehead atoms. The van der Waals surface area contributed by atoms with Crippen LogP contribution in [0.5, 0.6) is 0 Å². The van der Waals surface area contributed by atoms with Crippen LogP contribution in [0.15, 0.2) is 23.8 Å². The predicted octanol–water partition coefficient (Wildman–Crippen LogP) is 3.71. The summed E-state index contributed by atoms with van der Waals surface area (Å²) in [5.74, 6) is 1.32. The Kier molecular flexibility index (Phi) is 2.76. The minimum Gasteiger partial charge on any atom is -0.367 e. The lowest BCUT2D eigenvalue weighted by Crippen LogP contribution is -2.48. The van der Waals surface area contributed by atoms with Gasteiger partial charge in [0.05, 0.1) is 11.7 Å². The molecule has 1 heterocycles. The number of fused-ring (bicyclic) bond motifs is 2. The molecule has 15 heavy (non-hydrogen) atoms. The van der Waals surface area contributed by atoms with E-state index in [2.05, 4.69) is 45.9 Å². The summed E-state index contributed by atoms with van der Waals surface area (Å²) >= 11 is 0. The monoisotopic (exact) mass is 206 g/mol. The second kappa shape index (κ2) is 3.79. The fourth-order valence-electron chi connectivity index (χ4n) is 2.92. The van der Waals surface area contributed by atoms with E-state index < -0.39 is 0 Å². The van der Waals surface area contributed by atoms with E-state index in [0.717, 1.165) is 0 Å². The maximum atomic E-state index is 6.22. The molecule has 3 atom stereocenters. The molecule has 1 aliphatic carbocycles. The van der Waals surface area contributed by atoms with Gasteiger partial charge in [-0.15, -0.1) is 0 Å². The van der Waals surface area contributed by atoms with Gasteiger partial charge in [0, 0.05) is 5.92 Å². The largest absolute Gasteiger partial charge is 0.367 e. The first-order chi connectivity index (χ1) is 7.04. The Labute approximate surface area is 93.2 Å². The van der Waals surface area contributed by atoms with Gasteiger partial charge < -0.3 is 4.74 Å². The number of allylic oxidation sites excluding steroid dienone is 2. The first-order valence-electron chi connectivity index (χ1n) is 6.02. The summed E-state index contributed by atoms with van der Waals surface area (Å²) in [5.41, 5.74) is 1.56. The maximum absolute atomic E-state index is 6.22. The number of hydrogen-bond acceptors (Lipinski definition) is 1. The average Bonchev–Trinajstić information content (AvgIpc) is 2.16. The minimum atomic E-state index is 0.0396. The molecular formula is C14H22O. The van der Waals surface area contributed by atoms with E-state index >= 15 is 0 Å². The van der Waals surface area contributed by atoms with E-state index in [4.69, 9.17) is 4.74 Å². The van der Waals surface area contributed by atoms with Crippen LogP contribution in [-0.2, 0) is 4.74 Å². The van der Waals surface area contributed by atoms with E-state index in [1.807, 2.05) is 0 Å². The van der Waals surface area contributed by atoms with E-state index in [0.29, 0.717) is 11.8 Å². The summed E-state index contributed by atoms with van der Waals surface area (Å²) in [5, 5.41) is 0. The zero-order valence-electron chi connectivity index (χ0n) is 10.3. The van der Waals surface area contributed by atoms with Gasteiger partial charge in [-0.1, -0.05) is 23.8 Å². The molecule has 2 rings (SSSR count). The summed E-state index contributed by atoms with van der Waals surface area (Å²) in [7, 11) is 0. The van der Waals surface area contributed by atoms with Gasteiger partial charge in [0.25, 0.3) is 0 Å². The van der Waals surface area contributed by atoms with Crippen molar-refractivity contribution in [3.8, 4) is 0 Å². The lowest BCUT2D eigenvalue weighted by Gasteiger charge is -2.48. The molecule has 0 amide bonds. The molecule has 0 aromatic carbocycles. The van der Waals surface area contributed by atoms with Crippen LogP contribution in [0.4, 0.5) is 0 Å². The molecule has 1 nitrogen and oxygen atoms in total. The lowest BCUT2D eigenvalue weighted by atomic mass is 9.70. The van der Waals surface area contributed by atoms with Crippen molar-refractivity contribution in [1.29, 1.82) is 0 Å². The van der Waals surface area contributed by atoms with Crippen molar-refractivity contribution in [2.45, 2.75) is 52.2 Å². The SMILES string of the molecule is C/C=C/C1OC(C)(C)[C@H]2CC=C(C)[C@@H]1C2. The molecular weight excluding hydrogens is 184 g/mol. The van der Waals surface area contributed by atoms with Crippen molar-refractivity contribution in [3.63, 3.8) is 0 Å². The summed E-state index contributed by atoms with van der Waals surface area (Å²) in [6.07, 6.45) is 9.52. The fraction of sp³-hybridized carbons (Fsp3) is 0.714. The van der Waals surface area contributed by atoms with Crippen molar-refractivity contribution < 1.29 is 4.74 Å². The van der Waals surface area contributed by atoms with Gasteiger partial charge in [0.2, 0.25) is 0 Å². The van der Waals surface area contributed by atoms with E-state index in [-0.39, 0.29) is 11.7 Å². The third kappa shape index (κ3) is 1.90. The van der Waals surface area contributed by atoms with Crippen LogP contribution in [0.25, 0.3) is 0 Å². The van der Waals surface area contributed by atoms with Crippen LogP contribution in [0.2, 0.25) is 0 Å². The van der Waals surface area contributed by atoms with Crippen LogP contribution >= 0.6 is 0 Å². The molecule has 84 valence electrons. The second-order valence-electron chi connectivity index (χ2n) is 5.43. The van der Waals surface area contributed by atoms with Crippen LogP contribution < -0.4 is 0 Å². The number of hydrogen-bond donors (Lipinski definition) is 0. The highest BCUT2D eigenvalue weighted by Crippen LogP contribution is 2.45. The molecule has 1 fully saturated rings. The Balaban J connectivity index is 2.28. The summed E-state index contributed by atoms with van der Waals surface area (Å²) in [6.45, 7) is 8.79. The Morgan fingerprint density at radius 1 is 1.47 bits per heavy atom. The van der Waals surface area contributed by atoms with Crippen molar-refractivity contribution >= 4 is 0 Å². The molecule has 0 N–H and O–H groups in total. The highest BCUT2D eigenvalue weighted by atomic mass is 16.5. The van der Waals surface area contributed by atoms with E-state index in [9.17, 15) is 0 Å². The molecule has 0 spiro atoms. The Morgan fingerprint density at radius 3 is 2.87 bits per heavy atom. The molecule has 0 aromatic heterocycles. The summed E-state index contributed by atoms with van der Waals surface area (Å²) in [6, 6.07) is 0. The van der Waals surface area contributed by atoms with Crippen molar-refractivity contribution in [2.75, 3.05) is 0 Å². The number of rotatable bonds is 1. The molecule has 0 saturated carbocycles. The minimum absolute atomic E-state index is 0.0396. The third-order valence-corrected chi connectivity index (χ3v) is 4.05. The van der Waals surface area contributed by atoms with Gasteiger partial charge in [0.15, 0.2) is 0 Å². The number of ether oxygens (including phenoxy) is 1. The van der Waals surface area contributed by atoms with Crippen LogP contribution in [0.3, 0.4) is 0 Å². The van der Waals surface area contributed by atoms with Crippen LogP contribution in [-0.4, -0.2) is 11.7 Å².